The Morgan fingerprint density at radius 1 is 1.27 bits per heavy atom. The van der Waals surface area contributed by atoms with Gasteiger partial charge in [0.05, 0.1) is 19.5 Å². The number of Topliss-reactive ketones (excluding diaryl/α,β-unsaturated/α-hetero) is 1. The fourth-order valence-corrected chi connectivity index (χ4v) is 2.72. The zero-order valence-corrected chi connectivity index (χ0v) is 17.0. The van der Waals surface area contributed by atoms with Gasteiger partial charge in [-0.3, -0.25) is 19.2 Å². The van der Waals surface area contributed by atoms with Crippen molar-refractivity contribution in [2.75, 3.05) is 31.8 Å². The lowest BCUT2D eigenvalue weighted by Gasteiger charge is -2.16. The van der Waals surface area contributed by atoms with Crippen molar-refractivity contribution in [3.8, 4) is 0 Å². The number of carbonyl (C=O) groups excluding carboxylic acids is 4. The van der Waals surface area contributed by atoms with E-state index in [4.69, 9.17) is 10.8 Å². The summed E-state index contributed by atoms with van der Waals surface area (Å²) in [4.78, 5) is 71.6. The SMILES string of the molecule is COC(=O)[C@H](CSCC(=O)C(=O)NCCCO[N+](=O)[O-])NC(=O)CC[C@H](N)C(=O)O. The Morgan fingerprint density at radius 3 is 2.50 bits per heavy atom. The van der Waals surface area contributed by atoms with Crippen LogP contribution in [-0.2, 0) is 33.5 Å². The number of amides is 2. The van der Waals surface area contributed by atoms with Crippen LogP contribution >= 0.6 is 11.8 Å². The highest BCUT2D eigenvalue weighted by Crippen LogP contribution is 2.06. The summed E-state index contributed by atoms with van der Waals surface area (Å²) in [6, 6.07) is -2.33. The Bertz CT molecular complexity index is 645. The van der Waals surface area contributed by atoms with E-state index in [1.165, 1.54) is 0 Å². The van der Waals surface area contributed by atoms with Gasteiger partial charge in [-0.1, -0.05) is 0 Å². The summed E-state index contributed by atoms with van der Waals surface area (Å²) < 4.78 is 4.57. The normalized spacial score (nSPS) is 12.2. The number of rotatable bonds is 16. The third-order valence-corrected chi connectivity index (χ3v) is 4.43. The molecule has 5 N–H and O–H groups in total. The van der Waals surface area contributed by atoms with Gasteiger partial charge in [0.2, 0.25) is 11.7 Å². The minimum atomic E-state index is -1.26. The quantitative estimate of drug-likeness (QED) is 0.0648. The molecule has 0 saturated heterocycles. The lowest BCUT2D eigenvalue weighted by atomic mass is 10.1. The first-order valence-electron chi connectivity index (χ1n) is 8.60. The molecule has 170 valence electrons. The van der Waals surface area contributed by atoms with Gasteiger partial charge in [0.1, 0.15) is 12.1 Å². The number of esters is 1. The molecular formula is C15H24N4O10S. The molecule has 0 heterocycles. The van der Waals surface area contributed by atoms with Crippen LogP contribution in [0.3, 0.4) is 0 Å². The van der Waals surface area contributed by atoms with Crippen molar-refractivity contribution in [3.63, 3.8) is 0 Å². The number of carboxylic acid groups (broad SMARTS) is 1. The molecular weight excluding hydrogens is 428 g/mol. The van der Waals surface area contributed by atoms with E-state index in [0.29, 0.717) is 0 Å². The van der Waals surface area contributed by atoms with Gasteiger partial charge >= 0.3 is 11.9 Å². The molecule has 0 aromatic carbocycles. The number of carboxylic acids is 1. The molecule has 0 saturated carbocycles. The van der Waals surface area contributed by atoms with E-state index < -0.39 is 46.7 Å². The molecule has 30 heavy (non-hydrogen) atoms. The Hall–Kier alpha value is -2.94. The van der Waals surface area contributed by atoms with Crippen molar-refractivity contribution in [1.82, 2.24) is 10.6 Å². The number of ketones is 1. The molecule has 0 bridgehead atoms. The standard InChI is InChI=1S/C15H24N4O10S/c1-28-15(25)10(18-12(21)4-3-9(16)14(23)24)7-30-8-11(20)13(22)17-5-2-6-29-19(26)27/h9-10H,2-8,16H2,1H3,(H,17,22)(H,18,21)(H,23,24)/t9-,10-/m0/s1. The fraction of sp³-hybridized carbons (Fsp3) is 0.667. The van der Waals surface area contributed by atoms with E-state index in [9.17, 15) is 34.1 Å². The van der Waals surface area contributed by atoms with Crippen molar-refractivity contribution in [3.05, 3.63) is 10.1 Å². The number of thioether (sulfide) groups is 1. The molecule has 15 heteroatoms. The Labute approximate surface area is 175 Å². The van der Waals surface area contributed by atoms with Crippen molar-refractivity contribution in [2.24, 2.45) is 5.73 Å². The highest BCUT2D eigenvalue weighted by atomic mass is 32.2. The Morgan fingerprint density at radius 2 is 1.93 bits per heavy atom. The maximum atomic E-state index is 11.9. The molecule has 0 aliphatic heterocycles. The lowest BCUT2D eigenvalue weighted by Crippen LogP contribution is -2.44. The first kappa shape index (κ1) is 27.1. The van der Waals surface area contributed by atoms with Gasteiger partial charge in [0.25, 0.3) is 11.0 Å². The number of carbonyl (C=O) groups is 5. The minimum Gasteiger partial charge on any atom is -0.480 e. The number of hydrogen-bond donors (Lipinski definition) is 4. The third kappa shape index (κ3) is 12.5. The minimum absolute atomic E-state index is 0.00238. The van der Waals surface area contributed by atoms with Crippen LogP contribution in [-0.4, -0.2) is 83.6 Å². The van der Waals surface area contributed by atoms with E-state index in [-0.39, 0.29) is 43.9 Å². The van der Waals surface area contributed by atoms with Crippen LogP contribution in [0.2, 0.25) is 0 Å². The zero-order valence-electron chi connectivity index (χ0n) is 16.2. The summed E-state index contributed by atoms with van der Waals surface area (Å²) >= 11 is 0.902. The molecule has 0 unspecified atom stereocenters. The van der Waals surface area contributed by atoms with Gasteiger partial charge in [-0.05, 0) is 12.8 Å². The molecule has 0 aliphatic rings. The number of ether oxygens (including phenoxy) is 1. The van der Waals surface area contributed by atoms with E-state index in [2.05, 4.69) is 20.2 Å². The van der Waals surface area contributed by atoms with E-state index in [0.717, 1.165) is 18.9 Å². The van der Waals surface area contributed by atoms with Crippen LogP contribution < -0.4 is 16.4 Å². The monoisotopic (exact) mass is 452 g/mol. The van der Waals surface area contributed by atoms with Crippen LogP contribution in [0.4, 0.5) is 0 Å². The van der Waals surface area contributed by atoms with Crippen molar-refractivity contribution < 1.29 is 43.7 Å². The maximum absolute atomic E-state index is 11.9. The highest BCUT2D eigenvalue weighted by molar-refractivity contribution is 8.00. The number of nitrogens with one attached hydrogen (secondary N) is 2. The summed E-state index contributed by atoms with van der Waals surface area (Å²) in [5.41, 5.74) is 5.30. The second-order valence-corrected chi connectivity index (χ2v) is 6.76. The Kier molecular flexibility index (Phi) is 13.5. The molecule has 0 spiro atoms. The van der Waals surface area contributed by atoms with Crippen molar-refractivity contribution >= 4 is 41.3 Å². The molecule has 0 rings (SSSR count). The average molecular weight is 452 g/mol. The smallest absolute Gasteiger partial charge is 0.329 e. The van der Waals surface area contributed by atoms with Gasteiger partial charge in [-0.2, -0.15) is 11.8 Å². The topological polar surface area (TPSA) is 217 Å². The van der Waals surface area contributed by atoms with Gasteiger partial charge in [-0.25, -0.2) is 4.79 Å². The van der Waals surface area contributed by atoms with Crippen LogP contribution in [0.5, 0.6) is 0 Å². The second-order valence-electron chi connectivity index (χ2n) is 5.73. The van der Waals surface area contributed by atoms with Gasteiger partial charge in [-0.15, -0.1) is 10.1 Å². The number of nitrogens with zero attached hydrogens (tertiary/aromatic N) is 1. The zero-order chi connectivity index (χ0) is 23.1. The van der Waals surface area contributed by atoms with E-state index in [1.807, 2.05) is 0 Å². The van der Waals surface area contributed by atoms with Gasteiger partial charge in [0, 0.05) is 18.7 Å². The molecule has 14 nitrogen and oxygen atoms in total. The summed E-state index contributed by atoms with van der Waals surface area (Å²) in [5.74, 6) is -4.71. The van der Waals surface area contributed by atoms with Gasteiger partial charge in [0.15, 0.2) is 0 Å². The first-order valence-corrected chi connectivity index (χ1v) is 9.75. The van der Waals surface area contributed by atoms with Crippen molar-refractivity contribution in [2.45, 2.75) is 31.3 Å². The highest BCUT2D eigenvalue weighted by Gasteiger charge is 2.23. The number of nitrogens with two attached hydrogens (primary N) is 1. The summed E-state index contributed by atoms with van der Waals surface area (Å²) in [7, 11) is 1.10. The Balaban J connectivity index is 4.33. The van der Waals surface area contributed by atoms with E-state index >= 15 is 0 Å². The predicted molar refractivity (Wildman–Crippen MR) is 102 cm³/mol. The molecule has 0 aromatic rings. The largest absolute Gasteiger partial charge is 0.480 e. The fourth-order valence-electron chi connectivity index (χ4n) is 1.83. The molecule has 2 amide bonds. The first-order chi connectivity index (χ1) is 14.1. The lowest BCUT2D eigenvalue weighted by molar-refractivity contribution is -0.757. The van der Waals surface area contributed by atoms with Gasteiger partial charge < -0.3 is 31.0 Å². The molecule has 2 atom stereocenters. The molecule has 0 fully saturated rings. The summed E-state index contributed by atoms with van der Waals surface area (Å²) in [6.07, 6.45) is -0.226. The van der Waals surface area contributed by atoms with Crippen LogP contribution in [0.1, 0.15) is 19.3 Å². The summed E-state index contributed by atoms with van der Waals surface area (Å²) in [5, 5.41) is 22.3. The van der Waals surface area contributed by atoms with Crippen LogP contribution in [0.15, 0.2) is 0 Å². The maximum Gasteiger partial charge on any atom is 0.329 e. The third-order valence-electron chi connectivity index (χ3n) is 3.39. The average Bonchev–Trinajstić information content (AvgIpc) is 2.69. The van der Waals surface area contributed by atoms with Crippen LogP contribution in [0.25, 0.3) is 0 Å². The second kappa shape index (κ2) is 15.0. The summed E-state index contributed by atoms with van der Waals surface area (Å²) in [6.45, 7) is -0.226. The predicted octanol–water partition coefficient (Wildman–Crippen LogP) is -2.15. The molecule has 0 aliphatic carbocycles. The molecule has 0 radical (unpaired) electrons. The van der Waals surface area contributed by atoms with Crippen LogP contribution in [0, 0.1) is 10.1 Å². The number of aliphatic carboxylic acids is 1. The van der Waals surface area contributed by atoms with E-state index in [1.54, 1.807) is 0 Å². The number of hydrogen-bond acceptors (Lipinski definition) is 11. The molecule has 0 aromatic heterocycles. The number of methoxy groups -OCH3 is 1. The van der Waals surface area contributed by atoms with Crippen molar-refractivity contribution in [1.29, 1.82) is 0 Å².